The van der Waals surface area contributed by atoms with Crippen LogP contribution < -0.4 is 5.32 Å². The second kappa shape index (κ2) is 6.50. The highest BCUT2D eigenvalue weighted by Gasteiger charge is 2.19. The van der Waals surface area contributed by atoms with E-state index in [1.54, 1.807) is 12.1 Å². The van der Waals surface area contributed by atoms with Crippen LogP contribution in [0.4, 0.5) is 11.4 Å². The van der Waals surface area contributed by atoms with Crippen LogP contribution in [0.25, 0.3) is 11.0 Å². The molecule has 0 aliphatic rings. The van der Waals surface area contributed by atoms with Gasteiger partial charge >= 0.3 is 5.69 Å². The van der Waals surface area contributed by atoms with Crippen molar-refractivity contribution in [2.75, 3.05) is 11.9 Å². The third-order valence-corrected chi connectivity index (χ3v) is 2.81. The van der Waals surface area contributed by atoms with Crippen LogP contribution in [-0.2, 0) is 0 Å². The van der Waals surface area contributed by atoms with Gasteiger partial charge in [0.25, 0.3) is 0 Å². The summed E-state index contributed by atoms with van der Waals surface area (Å²) in [5.74, 6) is 0. The third-order valence-electron chi connectivity index (χ3n) is 2.81. The van der Waals surface area contributed by atoms with E-state index in [-0.39, 0.29) is 11.2 Å². The smallest absolute Gasteiger partial charge is 0.300 e. The number of allylic oxidation sites excluding steroid dienone is 1. The first-order valence-corrected chi connectivity index (χ1v) is 6.17. The molecule has 8 nitrogen and oxygen atoms in total. The van der Waals surface area contributed by atoms with E-state index in [0.717, 1.165) is 25.5 Å². The Labute approximate surface area is 114 Å². The minimum atomic E-state index is -0.516. The van der Waals surface area contributed by atoms with Crippen LogP contribution in [-0.4, -0.2) is 26.9 Å². The Balaban J connectivity index is 2.02. The van der Waals surface area contributed by atoms with Crippen LogP contribution in [0.2, 0.25) is 0 Å². The Morgan fingerprint density at radius 2 is 2.15 bits per heavy atom. The molecule has 0 amide bonds. The quantitative estimate of drug-likeness (QED) is 0.346. The molecule has 0 unspecified atom stereocenters. The SMILES string of the molecule is O=[N+]([O-])c1ccc(NCCCC/C=C/O)c2nonc12. The number of anilines is 1. The molecule has 0 spiro atoms. The van der Waals surface area contributed by atoms with E-state index >= 15 is 0 Å². The summed E-state index contributed by atoms with van der Waals surface area (Å²) >= 11 is 0. The number of nitro benzene ring substituents is 1. The number of nitro groups is 1. The van der Waals surface area contributed by atoms with E-state index in [2.05, 4.69) is 20.3 Å². The van der Waals surface area contributed by atoms with E-state index < -0.39 is 4.92 Å². The number of aliphatic hydroxyl groups excluding tert-OH is 1. The van der Waals surface area contributed by atoms with Gasteiger partial charge < -0.3 is 10.4 Å². The largest absolute Gasteiger partial charge is 0.516 e. The number of aliphatic hydroxyl groups is 1. The molecule has 0 bridgehead atoms. The molecule has 0 saturated heterocycles. The maximum absolute atomic E-state index is 10.8. The summed E-state index contributed by atoms with van der Waals surface area (Å²) in [7, 11) is 0. The van der Waals surface area contributed by atoms with Gasteiger partial charge in [-0.05, 0) is 35.6 Å². The Hall–Kier alpha value is -2.64. The molecule has 1 heterocycles. The number of aromatic nitrogens is 2. The van der Waals surface area contributed by atoms with Gasteiger partial charge in [-0.1, -0.05) is 6.08 Å². The zero-order chi connectivity index (χ0) is 14.4. The minimum Gasteiger partial charge on any atom is -0.516 e. The van der Waals surface area contributed by atoms with Gasteiger partial charge in [-0.2, -0.15) is 0 Å². The van der Waals surface area contributed by atoms with Gasteiger partial charge in [0.05, 0.1) is 16.9 Å². The molecule has 2 N–H and O–H groups in total. The Morgan fingerprint density at radius 1 is 1.35 bits per heavy atom. The molecular weight excluding hydrogens is 264 g/mol. The van der Waals surface area contributed by atoms with E-state index in [0.29, 0.717) is 17.7 Å². The Morgan fingerprint density at radius 3 is 2.90 bits per heavy atom. The molecule has 106 valence electrons. The van der Waals surface area contributed by atoms with E-state index in [9.17, 15) is 10.1 Å². The Bertz CT molecular complexity index is 623. The van der Waals surface area contributed by atoms with Gasteiger partial charge in [0.2, 0.25) is 5.52 Å². The number of nitrogens with zero attached hydrogens (tertiary/aromatic N) is 3. The van der Waals surface area contributed by atoms with Gasteiger partial charge in [-0.3, -0.25) is 10.1 Å². The van der Waals surface area contributed by atoms with Crippen molar-refractivity contribution in [2.45, 2.75) is 19.3 Å². The zero-order valence-electron chi connectivity index (χ0n) is 10.7. The normalized spacial score (nSPS) is 11.2. The first-order chi connectivity index (χ1) is 9.74. The number of unbranched alkanes of at least 4 members (excludes halogenated alkanes) is 2. The zero-order valence-corrected chi connectivity index (χ0v) is 10.7. The minimum absolute atomic E-state index is 0.125. The maximum Gasteiger partial charge on any atom is 0.300 e. The van der Waals surface area contributed by atoms with Gasteiger partial charge in [0.1, 0.15) is 0 Å². The molecule has 0 aliphatic heterocycles. The fourth-order valence-electron chi connectivity index (χ4n) is 1.83. The van der Waals surface area contributed by atoms with Gasteiger partial charge in [-0.25, -0.2) is 4.63 Å². The predicted octanol–water partition coefficient (Wildman–Crippen LogP) is 2.78. The van der Waals surface area contributed by atoms with Crippen molar-refractivity contribution < 1.29 is 14.7 Å². The standard InChI is InChI=1S/C12H14N4O4/c17-8-4-2-1-3-7-13-9-5-6-10(16(18)19)12-11(9)14-20-15-12/h4-6,8,13,17H,1-3,7H2/b8-4+. The number of non-ortho nitro benzene ring substituents is 1. The fourth-order valence-corrected chi connectivity index (χ4v) is 1.83. The first kappa shape index (κ1) is 13.8. The van der Waals surface area contributed by atoms with Crippen LogP contribution in [0.1, 0.15) is 19.3 Å². The number of fused-ring (bicyclic) bond motifs is 1. The summed E-state index contributed by atoms with van der Waals surface area (Å²) in [5.41, 5.74) is 1.03. The lowest BCUT2D eigenvalue weighted by Crippen LogP contribution is -2.02. The van der Waals surface area contributed by atoms with Crippen molar-refractivity contribution in [3.63, 3.8) is 0 Å². The van der Waals surface area contributed by atoms with Crippen molar-refractivity contribution >= 4 is 22.4 Å². The fraction of sp³-hybridized carbons (Fsp3) is 0.333. The summed E-state index contributed by atoms with van der Waals surface area (Å²) in [6, 6.07) is 2.97. The van der Waals surface area contributed by atoms with Gasteiger partial charge in [0, 0.05) is 12.6 Å². The molecular formula is C12H14N4O4. The molecule has 0 fully saturated rings. The van der Waals surface area contributed by atoms with E-state index in [1.807, 2.05) is 0 Å². The Kier molecular flexibility index (Phi) is 4.48. The topological polar surface area (TPSA) is 114 Å². The van der Waals surface area contributed by atoms with Crippen molar-refractivity contribution in [3.8, 4) is 0 Å². The van der Waals surface area contributed by atoms with E-state index in [4.69, 9.17) is 5.11 Å². The number of rotatable bonds is 7. The summed E-state index contributed by atoms with van der Waals surface area (Å²) in [6.07, 6.45) is 5.35. The third kappa shape index (κ3) is 3.02. The number of benzene rings is 1. The first-order valence-electron chi connectivity index (χ1n) is 6.17. The highest BCUT2D eigenvalue weighted by molar-refractivity contribution is 5.93. The summed E-state index contributed by atoms with van der Waals surface area (Å²) in [5, 5.41) is 29.7. The van der Waals surface area contributed by atoms with Gasteiger partial charge in [0.15, 0.2) is 5.52 Å². The van der Waals surface area contributed by atoms with Crippen molar-refractivity contribution in [1.82, 2.24) is 10.3 Å². The number of nitrogens with one attached hydrogen (secondary N) is 1. The molecule has 2 aromatic rings. The van der Waals surface area contributed by atoms with Crippen molar-refractivity contribution in [3.05, 3.63) is 34.6 Å². The molecule has 0 atom stereocenters. The lowest BCUT2D eigenvalue weighted by molar-refractivity contribution is -0.383. The van der Waals surface area contributed by atoms with Crippen LogP contribution >= 0.6 is 0 Å². The number of hydrogen-bond acceptors (Lipinski definition) is 7. The summed E-state index contributed by atoms with van der Waals surface area (Å²) in [6.45, 7) is 0.693. The molecule has 0 radical (unpaired) electrons. The molecule has 0 saturated carbocycles. The van der Waals surface area contributed by atoms with Crippen LogP contribution in [0, 0.1) is 10.1 Å². The second-order valence-electron chi connectivity index (χ2n) is 4.16. The highest BCUT2D eigenvalue weighted by Crippen LogP contribution is 2.28. The molecule has 20 heavy (non-hydrogen) atoms. The molecule has 8 heteroatoms. The van der Waals surface area contributed by atoms with Crippen LogP contribution in [0.15, 0.2) is 29.1 Å². The molecule has 0 aliphatic carbocycles. The predicted molar refractivity (Wildman–Crippen MR) is 72.6 cm³/mol. The van der Waals surface area contributed by atoms with Crippen molar-refractivity contribution in [2.24, 2.45) is 0 Å². The van der Waals surface area contributed by atoms with E-state index in [1.165, 1.54) is 6.07 Å². The van der Waals surface area contributed by atoms with Crippen LogP contribution in [0.5, 0.6) is 0 Å². The summed E-state index contributed by atoms with van der Waals surface area (Å²) < 4.78 is 4.57. The highest BCUT2D eigenvalue weighted by atomic mass is 16.6. The van der Waals surface area contributed by atoms with Crippen LogP contribution in [0.3, 0.4) is 0 Å². The van der Waals surface area contributed by atoms with Crippen molar-refractivity contribution in [1.29, 1.82) is 0 Å². The molecule has 1 aromatic carbocycles. The monoisotopic (exact) mass is 278 g/mol. The molecule has 2 rings (SSSR count). The maximum atomic E-state index is 10.8. The number of hydrogen-bond donors (Lipinski definition) is 2. The lowest BCUT2D eigenvalue weighted by Gasteiger charge is -2.05. The second-order valence-corrected chi connectivity index (χ2v) is 4.16. The average Bonchev–Trinajstić information content (AvgIpc) is 2.91. The molecule has 1 aromatic heterocycles. The summed E-state index contributed by atoms with van der Waals surface area (Å²) in [4.78, 5) is 10.3. The average molecular weight is 278 g/mol. The lowest BCUT2D eigenvalue weighted by atomic mass is 10.2. The van der Waals surface area contributed by atoms with Gasteiger partial charge in [-0.15, -0.1) is 0 Å².